The zero-order valence-corrected chi connectivity index (χ0v) is 19.4. The second kappa shape index (κ2) is 9.51. The maximum Gasteiger partial charge on any atom is 0.231 e. The molecule has 0 spiro atoms. The van der Waals surface area contributed by atoms with Gasteiger partial charge >= 0.3 is 0 Å². The van der Waals surface area contributed by atoms with Gasteiger partial charge in [0.1, 0.15) is 16.4 Å². The summed E-state index contributed by atoms with van der Waals surface area (Å²) in [6, 6.07) is 17.6. The predicted molar refractivity (Wildman–Crippen MR) is 132 cm³/mol. The molecule has 0 atom stereocenters. The number of aromatic nitrogens is 5. The van der Waals surface area contributed by atoms with Crippen molar-refractivity contribution in [2.75, 3.05) is 5.32 Å². The maximum absolute atomic E-state index is 12.4. The SMILES string of the molecule is Cc1ccccc1NC(=O)Cc1nc(CSc2ncnc3c2cnn3-c2ccccc2)cs1. The lowest BCUT2D eigenvalue weighted by molar-refractivity contribution is -0.115. The average Bonchev–Trinajstić information content (AvgIpc) is 3.47. The van der Waals surface area contributed by atoms with Crippen molar-refractivity contribution in [2.45, 2.75) is 24.1 Å². The van der Waals surface area contributed by atoms with Gasteiger partial charge in [0.2, 0.25) is 5.91 Å². The fraction of sp³-hybridized carbons (Fsp3) is 0.125. The Bertz CT molecular complexity index is 1410. The number of hydrogen-bond acceptors (Lipinski definition) is 7. The first-order valence-corrected chi connectivity index (χ1v) is 12.2. The van der Waals surface area contributed by atoms with Crippen molar-refractivity contribution in [2.24, 2.45) is 0 Å². The predicted octanol–water partition coefficient (Wildman–Crippen LogP) is 5.05. The largest absolute Gasteiger partial charge is 0.325 e. The summed E-state index contributed by atoms with van der Waals surface area (Å²) in [5.74, 6) is 0.585. The second-order valence-electron chi connectivity index (χ2n) is 7.37. The molecule has 1 amide bonds. The van der Waals surface area contributed by atoms with Gasteiger partial charge in [0.25, 0.3) is 0 Å². The lowest BCUT2D eigenvalue weighted by Crippen LogP contribution is -2.15. The zero-order valence-electron chi connectivity index (χ0n) is 17.8. The Hall–Kier alpha value is -3.56. The van der Waals surface area contributed by atoms with Crippen LogP contribution in [0.1, 0.15) is 16.3 Å². The molecule has 0 aliphatic rings. The van der Waals surface area contributed by atoms with E-state index in [9.17, 15) is 4.79 Å². The monoisotopic (exact) mass is 472 g/mol. The Morgan fingerprint density at radius 1 is 1.09 bits per heavy atom. The molecule has 0 saturated heterocycles. The summed E-state index contributed by atoms with van der Waals surface area (Å²) < 4.78 is 1.81. The van der Waals surface area contributed by atoms with E-state index in [1.54, 1.807) is 24.3 Å². The van der Waals surface area contributed by atoms with Crippen molar-refractivity contribution in [3.63, 3.8) is 0 Å². The summed E-state index contributed by atoms with van der Waals surface area (Å²) in [6.07, 6.45) is 3.62. The molecule has 0 fully saturated rings. The van der Waals surface area contributed by atoms with E-state index in [2.05, 4.69) is 25.4 Å². The molecule has 0 aliphatic heterocycles. The second-order valence-corrected chi connectivity index (χ2v) is 9.28. The number of para-hydroxylation sites is 2. The third kappa shape index (κ3) is 4.79. The molecule has 1 N–H and O–H groups in total. The number of hydrogen-bond donors (Lipinski definition) is 1. The Morgan fingerprint density at radius 2 is 1.91 bits per heavy atom. The Morgan fingerprint density at radius 3 is 2.76 bits per heavy atom. The van der Waals surface area contributed by atoms with Gasteiger partial charge in [-0.3, -0.25) is 4.79 Å². The first-order chi connectivity index (χ1) is 16.2. The van der Waals surface area contributed by atoms with Crippen molar-refractivity contribution in [1.29, 1.82) is 0 Å². The number of nitrogens with zero attached hydrogens (tertiary/aromatic N) is 5. The van der Waals surface area contributed by atoms with Crippen molar-refractivity contribution in [1.82, 2.24) is 24.7 Å². The number of thioether (sulfide) groups is 1. The molecule has 5 rings (SSSR count). The van der Waals surface area contributed by atoms with Gasteiger partial charge in [0.05, 0.1) is 29.4 Å². The first kappa shape index (κ1) is 21.3. The molecular weight excluding hydrogens is 452 g/mol. The number of carbonyl (C=O) groups excluding carboxylic acids is 1. The Kier molecular flexibility index (Phi) is 6.14. The Balaban J connectivity index is 1.25. The summed E-state index contributed by atoms with van der Waals surface area (Å²) >= 11 is 3.09. The number of carbonyl (C=O) groups is 1. The first-order valence-electron chi connectivity index (χ1n) is 10.3. The summed E-state index contributed by atoms with van der Waals surface area (Å²) in [7, 11) is 0. The number of fused-ring (bicyclic) bond motifs is 1. The van der Waals surface area contributed by atoms with Crippen LogP contribution in [0.4, 0.5) is 5.69 Å². The third-order valence-corrected chi connectivity index (χ3v) is 6.95. The molecule has 0 unspecified atom stereocenters. The van der Waals surface area contributed by atoms with Crippen LogP contribution in [0.15, 0.2) is 77.5 Å². The minimum atomic E-state index is -0.0660. The highest BCUT2D eigenvalue weighted by Gasteiger charge is 2.13. The molecule has 5 aromatic rings. The standard InChI is InChI=1S/C24H20N6OS2/c1-16-7-5-6-10-20(16)29-21(31)11-22-28-17(13-32-22)14-33-24-19-12-27-30(23(19)25-15-26-24)18-8-3-2-4-9-18/h2-10,12-13,15H,11,14H2,1H3,(H,29,31). The van der Waals surface area contributed by atoms with Gasteiger partial charge in [-0.15, -0.1) is 11.3 Å². The lowest BCUT2D eigenvalue weighted by atomic mass is 10.2. The average molecular weight is 473 g/mol. The van der Waals surface area contributed by atoms with Crippen molar-refractivity contribution in [3.8, 4) is 5.69 Å². The molecule has 164 valence electrons. The van der Waals surface area contributed by atoms with Crippen molar-refractivity contribution >= 4 is 45.7 Å². The molecule has 9 heteroatoms. The molecule has 3 heterocycles. The van der Waals surface area contributed by atoms with Gasteiger partial charge in [0, 0.05) is 16.8 Å². The van der Waals surface area contributed by atoms with E-state index in [0.29, 0.717) is 5.75 Å². The molecular formula is C24H20N6OS2. The topological polar surface area (TPSA) is 85.6 Å². The van der Waals surface area contributed by atoms with Crippen LogP contribution in [0.3, 0.4) is 0 Å². The highest BCUT2D eigenvalue weighted by Crippen LogP contribution is 2.28. The van der Waals surface area contributed by atoms with Crippen LogP contribution < -0.4 is 5.32 Å². The van der Waals surface area contributed by atoms with Gasteiger partial charge in [0.15, 0.2) is 5.65 Å². The number of amides is 1. The molecule has 0 aliphatic carbocycles. The number of benzene rings is 2. The van der Waals surface area contributed by atoms with Gasteiger partial charge in [-0.05, 0) is 30.7 Å². The summed E-state index contributed by atoms with van der Waals surface area (Å²) in [5, 5.41) is 12.0. The molecule has 0 saturated carbocycles. The molecule has 3 aromatic heterocycles. The normalized spacial score (nSPS) is 11.1. The summed E-state index contributed by atoms with van der Waals surface area (Å²) in [6.45, 7) is 1.97. The van der Waals surface area contributed by atoms with Gasteiger partial charge in [-0.1, -0.05) is 48.2 Å². The minimum absolute atomic E-state index is 0.0660. The van der Waals surface area contributed by atoms with E-state index in [-0.39, 0.29) is 12.3 Å². The number of rotatable bonds is 7. The zero-order chi connectivity index (χ0) is 22.6. The smallest absolute Gasteiger partial charge is 0.231 e. The summed E-state index contributed by atoms with van der Waals surface area (Å²) in [5.41, 5.74) is 4.51. The fourth-order valence-electron chi connectivity index (χ4n) is 3.38. The van der Waals surface area contributed by atoms with Crippen molar-refractivity contribution < 1.29 is 4.79 Å². The van der Waals surface area contributed by atoms with Crippen LogP contribution in [0.5, 0.6) is 0 Å². The number of anilines is 1. The quantitative estimate of drug-likeness (QED) is 0.263. The highest BCUT2D eigenvalue weighted by molar-refractivity contribution is 7.98. The van der Waals surface area contributed by atoms with Crippen LogP contribution in [-0.4, -0.2) is 30.6 Å². The lowest BCUT2D eigenvalue weighted by Gasteiger charge is -2.06. The van der Waals surface area contributed by atoms with E-state index in [1.165, 1.54) is 11.3 Å². The third-order valence-electron chi connectivity index (χ3n) is 5.02. The van der Waals surface area contributed by atoms with Crippen LogP contribution in [0, 0.1) is 6.92 Å². The van der Waals surface area contributed by atoms with E-state index >= 15 is 0 Å². The van der Waals surface area contributed by atoms with E-state index in [4.69, 9.17) is 0 Å². The highest BCUT2D eigenvalue weighted by atomic mass is 32.2. The molecule has 0 bridgehead atoms. The van der Waals surface area contributed by atoms with Crippen LogP contribution in [0.2, 0.25) is 0 Å². The molecule has 33 heavy (non-hydrogen) atoms. The van der Waals surface area contributed by atoms with Crippen LogP contribution in [-0.2, 0) is 17.0 Å². The minimum Gasteiger partial charge on any atom is -0.325 e. The fourth-order valence-corrected chi connectivity index (χ4v) is 5.13. The molecule has 2 aromatic carbocycles. The number of thiazole rings is 1. The molecule has 0 radical (unpaired) electrons. The maximum atomic E-state index is 12.4. The van der Waals surface area contributed by atoms with Gasteiger partial charge in [-0.25, -0.2) is 19.6 Å². The van der Waals surface area contributed by atoms with Crippen LogP contribution >= 0.6 is 23.1 Å². The summed E-state index contributed by atoms with van der Waals surface area (Å²) in [4.78, 5) is 25.9. The number of nitrogens with one attached hydrogen (secondary N) is 1. The Labute approximate surface area is 198 Å². The number of aryl methyl sites for hydroxylation is 1. The van der Waals surface area contributed by atoms with Gasteiger partial charge in [-0.2, -0.15) is 5.10 Å². The van der Waals surface area contributed by atoms with Gasteiger partial charge < -0.3 is 5.32 Å². The van der Waals surface area contributed by atoms with E-state index in [0.717, 1.165) is 43.7 Å². The van der Waals surface area contributed by atoms with E-state index in [1.807, 2.05) is 71.6 Å². The van der Waals surface area contributed by atoms with E-state index < -0.39 is 0 Å². The molecule has 7 nitrogen and oxygen atoms in total. The van der Waals surface area contributed by atoms with Crippen molar-refractivity contribution in [3.05, 3.63) is 88.8 Å². The van der Waals surface area contributed by atoms with Crippen LogP contribution in [0.25, 0.3) is 16.7 Å².